The quantitative estimate of drug-likeness (QED) is 0.696. The molecule has 138 valence electrons. The molecule has 27 heavy (non-hydrogen) atoms. The van der Waals surface area contributed by atoms with Crippen molar-refractivity contribution in [2.45, 2.75) is 19.3 Å². The van der Waals surface area contributed by atoms with E-state index in [9.17, 15) is 9.18 Å². The fourth-order valence-electron chi connectivity index (χ4n) is 3.37. The maximum Gasteiger partial charge on any atom is 0.231 e. The Kier molecular flexibility index (Phi) is 4.85. The van der Waals surface area contributed by atoms with Gasteiger partial charge < -0.3 is 0 Å². The number of piperidine rings is 1. The van der Waals surface area contributed by atoms with E-state index in [0.29, 0.717) is 29.5 Å². The van der Waals surface area contributed by atoms with Crippen LogP contribution in [0.5, 0.6) is 0 Å². The van der Waals surface area contributed by atoms with E-state index in [-0.39, 0.29) is 11.8 Å². The number of amides is 1. The van der Waals surface area contributed by atoms with Crippen LogP contribution in [0.25, 0.3) is 11.3 Å². The van der Waals surface area contributed by atoms with Crippen molar-refractivity contribution in [3.63, 3.8) is 0 Å². The molecule has 0 radical (unpaired) electrons. The molecule has 0 bridgehead atoms. The Balaban J connectivity index is 1.56. The number of H-pyrrole nitrogens is 1. The number of rotatable bonds is 4. The maximum absolute atomic E-state index is 13.0. The minimum atomic E-state index is -0.526. The van der Waals surface area contributed by atoms with Gasteiger partial charge in [0.2, 0.25) is 11.9 Å². The zero-order valence-corrected chi connectivity index (χ0v) is 15.2. The highest BCUT2D eigenvalue weighted by molar-refractivity contribution is 6.36. The zero-order chi connectivity index (χ0) is 18.8. The van der Waals surface area contributed by atoms with Crippen LogP contribution in [0.3, 0.4) is 0 Å². The van der Waals surface area contributed by atoms with Crippen molar-refractivity contribution in [1.29, 1.82) is 0 Å². The molecular weight excluding hydrogens is 369 g/mol. The van der Waals surface area contributed by atoms with Crippen molar-refractivity contribution in [2.75, 3.05) is 11.4 Å². The van der Waals surface area contributed by atoms with Gasteiger partial charge in [-0.25, -0.2) is 4.98 Å². The van der Waals surface area contributed by atoms with Gasteiger partial charge in [-0.05, 0) is 43.0 Å². The number of anilines is 1. The van der Waals surface area contributed by atoms with E-state index in [1.54, 1.807) is 23.4 Å². The molecule has 1 amide bonds. The summed E-state index contributed by atoms with van der Waals surface area (Å²) >= 11 is 6.52. The molecule has 6 nitrogen and oxygen atoms in total. The fourth-order valence-corrected chi connectivity index (χ4v) is 3.66. The van der Waals surface area contributed by atoms with Crippen LogP contribution in [0.15, 0.2) is 42.9 Å². The topological polar surface area (TPSA) is 74.8 Å². The van der Waals surface area contributed by atoms with Crippen molar-refractivity contribution in [2.24, 2.45) is 5.92 Å². The van der Waals surface area contributed by atoms with Crippen molar-refractivity contribution in [1.82, 2.24) is 20.2 Å². The maximum atomic E-state index is 13.0. The standard InChI is InChI=1S/C19H17ClFN5O/c20-16-17(13-5-7-22-8-6-13)24-25-18(16)26-9-1-2-14(19(26)27)10-12-3-4-15(21)23-11-12/h3-8,11,14H,1-2,9-10H2,(H,24,25). The van der Waals surface area contributed by atoms with Crippen LogP contribution >= 0.6 is 11.6 Å². The summed E-state index contributed by atoms with van der Waals surface area (Å²) in [6, 6.07) is 6.63. The molecule has 0 saturated carbocycles. The zero-order valence-electron chi connectivity index (χ0n) is 14.4. The second-order valence-electron chi connectivity index (χ2n) is 6.49. The second-order valence-corrected chi connectivity index (χ2v) is 6.87. The molecule has 1 saturated heterocycles. The van der Waals surface area contributed by atoms with Crippen molar-refractivity contribution < 1.29 is 9.18 Å². The molecule has 1 N–H and O–H groups in total. The van der Waals surface area contributed by atoms with Gasteiger partial charge in [-0.3, -0.25) is 19.8 Å². The lowest BCUT2D eigenvalue weighted by molar-refractivity contribution is -0.123. The molecule has 0 spiro atoms. The molecule has 1 fully saturated rings. The number of hydrogen-bond acceptors (Lipinski definition) is 4. The molecule has 3 aromatic heterocycles. The third-order valence-electron chi connectivity index (χ3n) is 4.73. The molecule has 4 heterocycles. The van der Waals surface area contributed by atoms with Crippen LogP contribution in [-0.4, -0.2) is 32.6 Å². The lowest BCUT2D eigenvalue weighted by Gasteiger charge is -2.31. The summed E-state index contributed by atoms with van der Waals surface area (Å²) in [5.41, 5.74) is 2.35. The van der Waals surface area contributed by atoms with Gasteiger partial charge in [-0.2, -0.15) is 9.49 Å². The van der Waals surface area contributed by atoms with Crippen LogP contribution < -0.4 is 4.90 Å². The van der Waals surface area contributed by atoms with Crippen LogP contribution in [0.4, 0.5) is 10.2 Å². The molecule has 0 aliphatic carbocycles. The van der Waals surface area contributed by atoms with Crippen LogP contribution in [0, 0.1) is 11.9 Å². The molecule has 0 aromatic carbocycles. The predicted octanol–water partition coefficient (Wildman–Crippen LogP) is 3.64. The van der Waals surface area contributed by atoms with Crippen molar-refractivity contribution in [3.05, 3.63) is 59.4 Å². The van der Waals surface area contributed by atoms with Gasteiger partial charge >= 0.3 is 0 Å². The molecule has 1 aliphatic heterocycles. The van der Waals surface area contributed by atoms with Crippen molar-refractivity contribution in [3.8, 4) is 11.3 Å². The van der Waals surface area contributed by atoms with Gasteiger partial charge in [0.1, 0.15) is 5.02 Å². The number of aromatic amines is 1. The number of aromatic nitrogens is 4. The van der Waals surface area contributed by atoms with Gasteiger partial charge in [0.25, 0.3) is 0 Å². The van der Waals surface area contributed by atoms with Gasteiger partial charge in [-0.1, -0.05) is 17.7 Å². The summed E-state index contributed by atoms with van der Waals surface area (Å²) in [6.07, 6.45) is 6.95. The summed E-state index contributed by atoms with van der Waals surface area (Å²) in [6.45, 7) is 0.567. The molecule has 3 aromatic rings. The Morgan fingerprint density at radius 2 is 2.07 bits per heavy atom. The normalized spacial score (nSPS) is 17.3. The van der Waals surface area contributed by atoms with Crippen LogP contribution in [0.2, 0.25) is 5.02 Å². The van der Waals surface area contributed by atoms with Crippen molar-refractivity contribution >= 4 is 23.3 Å². The number of halogens is 2. The first-order chi connectivity index (χ1) is 13.1. The molecule has 4 rings (SSSR count). The number of carbonyl (C=O) groups excluding carboxylic acids is 1. The first-order valence-corrected chi connectivity index (χ1v) is 9.07. The number of nitrogens with zero attached hydrogens (tertiary/aromatic N) is 4. The number of hydrogen-bond donors (Lipinski definition) is 1. The van der Waals surface area contributed by atoms with E-state index in [2.05, 4.69) is 20.2 Å². The number of pyridine rings is 2. The molecule has 8 heteroatoms. The Hall–Kier alpha value is -2.80. The third kappa shape index (κ3) is 3.55. The second kappa shape index (κ2) is 7.44. The fraction of sp³-hybridized carbons (Fsp3) is 0.263. The van der Waals surface area contributed by atoms with E-state index in [1.807, 2.05) is 12.1 Å². The van der Waals surface area contributed by atoms with Crippen LogP contribution in [-0.2, 0) is 11.2 Å². The highest BCUT2D eigenvalue weighted by Crippen LogP contribution is 2.36. The predicted molar refractivity (Wildman–Crippen MR) is 99.8 cm³/mol. The average molecular weight is 386 g/mol. The van der Waals surface area contributed by atoms with E-state index in [4.69, 9.17) is 11.6 Å². The first kappa shape index (κ1) is 17.6. The summed E-state index contributed by atoms with van der Waals surface area (Å²) in [4.78, 5) is 22.3. The van der Waals surface area contributed by atoms with Gasteiger partial charge in [0.15, 0.2) is 5.82 Å². The summed E-state index contributed by atoms with van der Waals surface area (Å²) < 4.78 is 13.0. The minimum Gasteiger partial charge on any atom is -0.294 e. The highest BCUT2D eigenvalue weighted by Gasteiger charge is 2.33. The van der Waals surface area contributed by atoms with Gasteiger partial charge in [0, 0.05) is 36.6 Å². The molecular formula is C19H17ClFN5O. The Morgan fingerprint density at radius 3 is 2.81 bits per heavy atom. The lowest BCUT2D eigenvalue weighted by Crippen LogP contribution is -2.42. The SMILES string of the molecule is O=C1C(Cc2ccc(F)nc2)CCCN1c1n[nH]c(-c2ccncc2)c1Cl. The Morgan fingerprint density at radius 1 is 1.26 bits per heavy atom. The number of nitrogens with one attached hydrogen (secondary N) is 1. The Bertz CT molecular complexity index is 944. The van der Waals surface area contributed by atoms with E-state index in [0.717, 1.165) is 24.0 Å². The molecule has 1 atom stereocenters. The summed E-state index contributed by atoms with van der Waals surface area (Å²) in [7, 11) is 0. The van der Waals surface area contributed by atoms with E-state index < -0.39 is 5.95 Å². The van der Waals surface area contributed by atoms with Gasteiger partial charge in [-0.15, -0.1) is 0 Å². The summed E-state index contributed by atoms with van der Waals surface area (Å²) in [5.74, 6) is -0.318. The van der Waals surface area contributed by atoms with Gasteiger partial charge in [0.05, 0.1) is 5.69 Å². The van der Waals surface area contributed by atoms with Crippen LogP contribution in [0.1, 0.15) is 18.4 Å². The highest BCUT2D eigenvalue weighted by atomic mass is 35.5. The van der Waals surface area contributed by atoms with E-state index >= 15 is 0 Å². The molecule has 1 aliphatic rings. The monoisotopic (exact) mass is 385 g/mol. The Labute approximate surface area is 160 Å². The van der Waals surface area contributed by atoms with E-state index in [1.165, 1.54) is 12.3 Å². The lowest BCUT2D eigenvalue weighted by atomic mass is 9.91. The first-order valence-electron chi connectivity index (χ1n) is 8.69. The number of carbonyl (C=O) groups is 1. The largest absolute Gasteiger partial charge is 0.294 e. The minimum absolute atomic E-state index is 0.0275. The third-order valence-corrected chi connectivity index (χ3v) is 5.09. The average Bonchev–Trinajstić information content (AvgIpc) is 3.07. The molecule has 1 unspecified atom stereocenters. The summed E-state index contributed by atoms with van der Waals surface area (Å²) in [5, 5.41) is 7.62. The smallest absolute Gasteiger partial charge is 0.231 e.